The quantitative estimate of drug-likeness (QED) is 0.508. The summed E-state index contributed by atoms with van der Waals surface area (Å²) in [5.41, 5.74) is 8.79. The van der Waals surface area contributed by atoms with E-state index in [0.717, 1.165) is 16.7 Å². The molecule has 27 heavy (non-hydrogen) atoms. The smallest absolute Gasteiger partial charge is 0.270 e. The first-order valence-electron chi connectivity index (χ1n) is 8.13. The van der Waals surface area contributed by atoms with E-state index < -0.39 is 11.8 Å². The van der Waals surface area contributed by atoms with E-state index in [-0.39, 0.29) is 18.1 Å². The molecule has 2 amide bonds. The molecule has 1 aromatic carbocycles. The lowest BCUT2D eigenvalue weighted by Crippen LogP contribution is -2.33. The van der Waals surface area contributed by atoms with Gasteiger partial charge in [0.2, 0.25) is 5.91 Å². The van der Waals surface area contributed by atoms with Crippen molar-refractivity contribution in [1.29, 1.82) is 0 Å². The number of pyridine rings is 1. The van der Waals surface area contributed by atoms with Crippen LogP contribution >= 0.6 is 0 Å². The van der Waals surface area contributed by atoms with E-state index in [0.29, 0.717) is 16.6 Å². The number of aromatic nitrogens is 4. The molecule has 4 rings (SSSR count). The van der Waals surface area contributed by atoms with Gasteiger partial charge in [0.05, 0.1) is 40.7 Å². The highest BCUT2D eigenvalue weighted by Crippen LogP contribution is 2.31. The number of fused-ring (bicyclic) bond motifs is 3. The Hall–Kier alpha value is -3.75. The summed E-state index contributed by atoms with van der Waals surface area (Å²) in [6, 6.07) is 7.82. The number of carbonyl (C=O) groups excluding carboxylic acids is 2. The van der Waals surface area contributed by atoms with Crippen LogP contribution in [0.2, 0.25) is 0 Å². The van der Waals surface area contributed by atoms with Crippen molar-refractivity contribution in [1.82, 2.24) is 25.1 Å². The number of primary amides is 1. The van der Waals surface area contributed by atoms with Crippen LogP contribution in [0, 0.1) is 12.7 Å². The second-order valence-corrected chi connectivity index (χ2v) is 6.08. The molecule has 0 atom stereocenters. The lowest BCUT2D eigenvalue weighted by molar-refractivity contribution is -0.117. The van der Waals surface area contributed by atoms with Crippen molar-refractivity contribution in [3.63, 3.8) is 0 Å². The lowest BCUT2D eigenvalue weighted by Gasteiger charge is -2.11. The molecule has 3 heterocycles. The SMILES string of the molecule is Cc1nc(C(=O)NCC(N)=O)ccc1-n1c2ccc(F)cc2c2[nH]ncc21. The van der Waals surface area contributed by atoms with Gasteiger partial charge in [0.15, 0.2) is 0 Å². The molecule has 3 aromatic heterocycles. The number of nitrogens with zero attached hydrogens (tertiary/aromatic N) is 3. The van der Waals surface area contributed by atoms with Crippen molar-refractivity contribution in [2.45, 2.75) is 6.92 Å². The van der Waals surface area contributed by atoms with Crippen LogP contribution in [0.5, 0.6) is 0 Å². The number of nitrogens with one attached hydrogen (secondary N) is 2. The molecule has 0 aliphatic rings. The minimum atomic E-state index is -0.634. The Kier molecular flexibility index (Phi) is 3.84. The van der Waals surface area contributed by atoms with Crippen molar-refractivity contribution in [3.05, 3.63) is 53.7 Å². The molecular formula is C18H15FN6O2. The van der Waals surface area contributed by atoms with E-state index in [1.807, 2.05) is 4.57 Å². The summed E-state index contributed by atoms with van der Waals surface area (Å²) in [6.45, 7) is 1.51. The number of benzene rings is 1. The fourth-order valence-corrected chi connectivity index (χ4v) is 3.11. The Morgan fingerprint density at radius 2 is 2.07 bits per heavy atom. The number of amides is 2. The van der Waals surface area contributed by atoms with E-state index in [4.69, 9.17) is 5.73 Å². The molecule has 0 aliphatic heterocycles. The molecule has 0 spiro atoms. The van der Waals surface area contributed by atoms with Crippen molar-refractivity contribution >= 4 is 33.8 Å². The van der Waals surface area contributed by atoms with Crippen LogP contribution < -0.4 is 11.1 Å². The molecule has 0 fully saturated rings. The summed E-state index contributed by atoms with van der Waals surface area (Å²) in [4.78, 5) is 27.2. The molecule has 0 saturated carbocycles. The molecule has 0 bridgehead atoms. The first-order valence-corrected chi connectivity index (χ1v) is 8.13. The van der Waals surface area contributed by atoms with Gasteiger partial charge in [0.25, 0.3) is 5.91 Å². The average molecular weight is 366 g/mol. The number of hydrogen-bond donors (Lipinski definition) is 3. The van der Waals surface area contributed by atoms with Crippen molar-refractivity contribution in [3.8, 4) is 5.69 Å². The van der Waals surface area contributed by atoms with Gasteiger partial charge in [0.1, 0.15) is 11.5 Å². The zero-order valence-corrected chi connectivity index (χ0v) is 14.3. The van der Waals surface area contributed by atoms with Gasteiger partial charge in [-0.3, -0.25) is 14.7 Å². The number of H-pyrrole nitrogens is 1. The van der Waals surface area contributed by atoms with Gasteiger partial charge in [-0.1, -0.05) is 0 Å². The Bertz CT molecular complexity index is 1210. The summed E-state index contributed by atoms with van der Waals surface area (Å²) in [5.74, 6) is -1.46. The summed E-state index contributed by atoms with van der Waals surface area (Å²) < 4.78 is 15.6. The number of halogens is 1. The van der Waals surface area contributed by atoms with Gasteiger partial charge in [0, 0.05) is 5.39 Å². The molecule has 8 nitrogen and oxygen atoms in total. The first-order chi connectivity index (χ1) is 13.0. The zero-order valence-electron chi connectivity index (χ0n) is 14.3. The topological polar surface area (TPSA) is 119 Å². The van der Waals surface area contributed by atoms with Gasteiger partial charge < -0.3 is 15.6 Å². The van der Waals surface area contributed by atoms with Crippen molar-refractivity contribution in [2.75, 3.05) is 6.54 Å². The highest BCUT2D eigenvalue weighted by molar-refractivity contribution is 6.07. The van der Waals surface area contributed by atoms with Gasteiger partial charge in [-0.25, -0.2) is 9.37 Å². The van der Waals surface area contributed by atoms with Crippen molar-refractivity contribution in [2.24, 2.45) is 5.73 Å². The summed E-state index contributed by atoms with van der Waals surface area (Å²) in [5, 5.41) is 10.0. The maximum absolute atomic E-state index is 13.7. The fourth-order valence-electron chi connectivity index (χ4n) is 3.11. The zero-order chi connectivity index (χ0) is 19.1. The first kappa shape index (κ1) is 16.7. The summed E-state index contributed by atoms with van der Waals surface area (Å²) in [7, 11) is 0. The molecule has 4 aromatic rings. The number of hydrogen-bond acceptors (Lipinski definition) is 4. The second kappa shape index (κ2) is 6.20. The fraction of sp³-hybridized carbons (Fsp3) is 0.111. The molecule has 4 N–H and O–H groups in total. The summed E-state index contributed by atoms with van der Waals surface area (Å²) >= 11 is 0. The largest absolute Gasteiger partial charge is 0.368 e. The van der Waals surface area contributed by atoms with E-state index in [1.165, 1.54) is 12.1 Å². The Morgan fingerprint density at radius 1 is 1.26 bits per heavy atom. The molecule has 0 unspecified atom stereocenters. The van der Waals surface area contributed by atoms with Crippen LogP contribution in [0.15, 0.2) is 36.5 Å². The molecular weight excluding hydrogens is 351 g/mol. The Balaban J connectivity index is 1.83. The number of rotatable bonds is 4. The van der Waals surface area contributed by atoms with E-state index in [1.54, 1.807) is 31.3 Å². The molecule has 0 saturated heterocycles. The van der Waals surface area contributed by atoms with E-state index >= 15 is 0 Å². The normalized spacial score (nSPS) is 11.2. The predicted molar refractivity (Wildman–Crippen MR) is 96.9 cm³/mol. The highest BCUT2D eigenvalue weighted by atomic mass is 19.1. The second-order valence-electron chi connectivity index (χ2n) is 6.08. The van der Waals surface area contributed by atoms with Crippen molar-refractivity contribution < 1.29 is 14.0 Å². The monoisotopic (exact) mass is 366 g/mol. The minimum Gasteiger partial charge on any atom is -0.368 e. The number of aromatic amines is 1. The van der Waals surface area contributed by atoms with Gasteiger partial charge in [-0.2, -0.15) is 5.10 Å². The van der Waals surface area contributed by atoms with Crippen LogP contribution in [-0.2, 0) is 4.79 Å². The van der Waals surface area contributed by atoms with Gasteiger partial charge >= 0.3 is 0 Å². The predicted octanol–water partition coefficient (Wildman–Crippen LogP) is 1.56. The summed E-state index contributed by atoms with van der Waals surface area (Å²) in [6.07, 6.45) is 1.65. The van der Waals surface area contributed by atoms with Crippen LogP contribution in [0.25, 0.3) is 27.6 Å². The van der Waals surface area contributed by atoms with Crippen LogP contribution in [0.1, 0.15) is 16.2 Å². The third-order valence-corrected chi connectivity index (χ3v) is 4.28. The molecule has 9 heteroatoms. The third-order valence-electron chi connectivity index (χ3n) is 4.28. The maximum Gasteiger partial charge on any atom is 0.270 e. The number of carbonyl (C=O) groups is 2. The Morgan fingerprint density at radius 3 is 2.81 bits per heavy atom. The number of nitrogens with two attached hydrogens (primary N) is 1. The van der Waals surface area contributed by atoms with Gasteiger partial charge in [-0.05, 0) is 37.3 Å². The van der Waals surface area contributed by atoms with Crippen LogP contribution in [-0.4, -0.2) is 38.1 Å². The van der Waals surface area contributed by atoms with Gasteiger partial charge in [-0.15, -0.1) is 0 Å². The standard InChI is InChI=1S/C18H15FN6O2/c1-9-13(5-3-12(23-9)18(27)21-8-16(20)26)25-14-4-2-10(19)6-11(14)17-15(25)7-22-24-17/h2-7H,8H2,1H3,(H2,20,26)(H,21,27)(H,22,24). The average Bonchev–Trinajstić information content (AvgIpc) is 3.21. The third kappa shape index (κ3) is 2.78. The van der Waals surface area contributed by atoms with Crippen LogP contribution in [0.4, 0.5) is 4.39 Å². The number of aryl methyl sites for hydroxylation is 1. The lowest BCUT2D eigenvalue weighted by atomic mass is 10.2. The Labute approximate surface area is 152 Å². The molecule has 0 aliphatic carbocycles. The van der Waals surface area contributed by atoms with E-state index in [9.17, 15) is 14.0 Å². The van der Waals surface area contributed by atoms with Crippen LogP contribution in [0.3, 0.4) is 0 Å². The maximum atomic E-state index is 13.7. The molecule has 0 radical (unpaired) electrons. The molecule has 136 valence electrons. The minimum absolute atomic E-state index is 0.170. The highest BCUT2D eigenvalue weighted by Gasteiger charge is 2.17. The van der Waals surface area contributed by atoms with E-state index in [2.05, 4.69) is 20.5 Å².